The van der Waals surface area contributed by atoms with Gasteiger partial charge in [-0.05, 0) is 30.6 Å². The van der Waals surface area contributed by atoms with E-state index in [9.17, 15) is 23.6 Å². The Hall–Kier alpha value is -2.82. The van der Waals surface area contributed by atoms with Crippen LogP contribution < -0.4 is 21.7 Å². The Kier molecular flexibility index (Phi) is 8.92. The van der Waals surface area contributed by atoms with Crippen molar-refractivity contribution in [3.05, 3.63) is 30.1 Å². The van der Waals surface area contributed by atoms with Crippen LogP contribution in [0.25, 0.3) is 0 Å². The summed E-state index contributed by atoms with van der Waals surface area (Å²) in [5.74, 6) is -1.90. The average molecular weight is 386 g/mol. The Morgan fingerprint density at radius 1 is 1.27 bits per heavy atom. The Morgan fingerprint density at radius 2 is 1.96 bits per heavy atom. The average Bonchev–Trinajstić information content (AvgIpc) is 2.58. The van der Waals surface area contributed by atoms with Crippen molar-refractivity contribution in [3.8, 4) is 0 Å². The molecule has 11 heteroatoms. The van der Waals surface area contributed by atoms with Gasteiger partial charge in [0.1, 0.15) is 11.9 Å². The number of anilines is 1. The molecule has 1 aromatic rings. The topological polar surface area (TPSA) is 140 Å². The molecule has 0 aliphatic rings. The van der Waals surface area contributed by atoms with E-state index >= 15 is 0 Å². The summed E-state index contributed by atoms with van der Waals surface area (Å²) in [6, 6.07) is 2.51. The minimum absolute atomic E-state index is 0.113. The van der Waals surface area contributed by atoms with E-state index in [0.717, 1.165) is 6.07 Å². The van der Waals surface area contributed by atoms with Crippen LogP contribution in [0.3, 0.4) is 0 Å². The number of hydrogen-bond acceptors (Lipinski definition) is 6. The largest absolute Gasteiger partial charge is 0.454 e. The summed E-state index contributed by atoms with van der Waals surface area (Å²) < 4.78 is 18.1. The van der Waals surface area contributed by atoms with Crippen LogP contribution in [0, 0.1) is 5.82 Å². The highest BCUT2D eigenvalue weighted by atomic mass is 32.2. The molecule has 9 nitrogen and oxygen atoms in total. The van der Waals surface area contributed by atoms with E-state index in [1.165, 1.54) is 30.0 Å². The maximum absolute atomic E-state index is 13.4. The standard InChI is InChI=1S/C15H19FN4O5S/c1-26-7-6-11(18-14(17)23)13(22)25-8-12(21)20-15(24)19-10-5-3-2-4-9(10)16/h2-5,11H,6-8H2,1H3,(H3,17,18,23)(H2,19,20,21,24)/t11-/m1/s1. The molecule has 0 aliphatic heterocycles. The second-order valence-corrected chi connectivity index (χ2v) is 5.92. The Balaban J connectivity index is 2.46. The van der Waals surface area contributed by atoms with E-state index in [1.54, 1.807) is 0 Å². The van der Waals surface area contributed by atoms with Gasteiger partial charge in [0.15, 0.2) is 6.61 Å². The molecule has 1 aromatic carbocycles. The van der Waals surface area contributed by atoms with Gasteiger partial charge >= 0.3 is 18.0 Å². The number of halogens is 1. The number of amides is 5. The Bertz CT molecular complexity index is 673. The SMILES string of the molecule is CSCC[C@@H](NC(N)=O)C(=O)OCC(=O)NC(=O)Nc1ccccc1F. The quantitative estimate of drug-likeness (QED) is 0.488. The van der Waals surface area contributed by atoms with Gasteiger partial charge in [-0.25, -0.2) is 18.8 Å². The van der Waals surface area contributed by atoms with Gasteiger partial charge in [-0.2, -0.15) is 11.8 Å². The number of nitrogens with two attached hydrogens (primary N) is 1. The van der Waals surface area contributed by atoms with E-state index in [1.807, 2.05) is 11.6 Å². The number of carbonyl (C=O) groups is 4. The fourth-order valence-electron chi connectivity index (χ4n) is 1.77. The molecular formula is C15H19FN4O5S. The zero-order chi connectivity index (χ0) is 19.5. The lowest BCUT2D eigenvalue weighted by Gasteiger charge is -2.15. The molecule has 0 aromatic heterocycles. The minimum Gasteiger partial charge on any atom is -0.454 e. The number of benzene rings is 1. The van der Waals surface area contributed by atoms with Crippen LogP contribution >= 0.6 is 11.8 Å². The molecule has 0 heterocycles. The molecule has 0 saturated heterocycles. The van der Waals surface area contributed by atoms with E-state index in [2.05, 4.69) is 10.6 Å². The van der Waals surface area contributed by atoms with Crippen molar-refractivity contribution in [1.82, 2.24) is 10.6 Å². The van der Waals surface area contributed by atoms with Crippen LogP contribution in [0.1, 0.15) is 6.42 Å². The lowest BCUT2D eigenvalue weighted by Crippen LogP contribution is -2.46. The van der Waals surface area contributed by atoms with Gasteiger partial charge in [0.2, 0.25) is 0 Å². The van der Waals surface area contributed by atoms with Crippen molar-refractivity contribution in [2.24, 2.45) is 5.73 Å². The lowest BCUT2D eigenvalue weighted by molar-refractivity contribution is -0.150. The third-order valence-corrected chi connectivity index (χ3v) is 3.58. The molecule has 1 rings (SSSR count). The zero-order valence-corrected chi connectivity index (χ0v) is 14.7. The number of urea groups is 2. The first-order chi connectivity index (χ1) is 12.3. The van der Waals surface area contributed by atoms with E-state index < -0.39 is 42.4 Å². The first-order valence-corrected chi connectivity index (χ1v) is 8.79. The predicted molar refractivity (Wildman–Crippen MR) is 94.0 cm³/mol. The highest BCUT2D eigenvalue weighted by molar-refractivity contribution is 7.98. The molecule has 0 saturated carbocycles. The second-order valence-electron chi connectivity index (χ2n) is 4.93. The number of primary amides is 1. The molecule has 0 fully saturated rings. The second kappa shape index (κ2) is 10.9. The van der Waals surface area contributed by atoms with E-state index in [0.29, 0.717) is 5.75 Å². The smallest absolute Gasteiger partial charge is 0.329 e. The summed E-state index contributed by atoms with van der Waals surface area (Å²) in [7, 11) is 0. The molecule has 0 aliphatic carbocycles. The van der Waals surface area contributed by atoms with Crippen molar-refractivity contribution in [2.75, 3.05) is 23.9 Å². The third-order valence-electron chi connectivity index (χ3n) is 2.93. The highest BCUT2D eigenvalue weighted by Gasteiger charge is 2.22. The molecule has 0 radical (unpaired) electrons. The van der Waals surface area contributed by atoms with Gasteiger partial charge in [0.05, 0.1) is 5.69 Å². The van der Waals surface area contributed by atoms with Gasteiger partial charge in [-0.1, -0.05) is 12.1 Å². The van der Waals surface area contributed by atoms with Gasteiger partial charge in [0, 0.05) is 0 Å². The van der Waals surface area contributed by atoms with Crippen molar-refractivity contribution >= 4 is 41.4 Å². The highest BCUT2D eigenvalue weighted by Crippen LogP contribution is 2.11. The molecule has 5 amide bonds. The molecule has 5 N–H and O–H groups in total. The number of hydrogen-bond donors (Lipinski definition) is 4. The molecule has 0 bridgehead atoms. The van der Waals surface area contributed by atoms with Crippen molar-refractivity contribution in [1.29, 1.82) is 0 Å². The molecular weight excluding hydrogens is 367 g/mol. The van der Waals surface area contributed by atoms with Crippen molar-refractivity contribution in [3.63, 3.8) is 0 Å². The van der Waals surface area contributed by atoms with Gasteiger partial charge < -0.3 is 21.1 Å². The predicted octanol–water partition coefficient (Wildman–Crippen LogP) is 0.807. The number of ether oxygens (including phenoxy) is 1. The molecule has 0 spiro atoms. The van der Waals surface area contributed by atoms with Crippen molar-refractivity contribution in [2.45, 2.75) is 12.5 Å². The van der Waals surface area contributed by atoms with Crippen LogP contribution in [0.5, 0.6) is 0 Å². The number of rotatable bonds is 8. The van der Waals surface area contributed by atoms with Crippen LogP contribution in [0.4, 0.5) is 19.7 Å². The summed E-state index contributed by atoms with van der Waals surface area (Å²) in [5.41, 5.74) is 4.87. The van der Waals surface area contributed by atoms with Crippen LogP contribution in [-0.2, 0) is 14.3 Å². The number of para-hydroxylation sites is 1. The zero-order valence-electron chi connectivity index (χ0n) is 13.9. The van der Waals surface area contributed by atoms with Crippen LogP contribution in [-0.4, -0.2) is 48.6 Å². The number of esters is 1. The maximum atomic E-state index is 13.4. The summed E-state index contributed by atoms with van der Waals surface area (Å²) >= 11 is 1.45. The molecule has 142 valence electrons. The van der Waals surface area contributed by atoms with E-state index in [-0.39, 0.29) is 12.1 Å². The fraction of sp³-hybridized carbons (Fsp3) is 0.333. The summed E-state index contributed by atoms with van der Waals surface area (Å²) in [6.07, 6.45) is 2.08. The van der Waals surface area contributed by atoms with E-state index in [4.69, 9.17) is 10.5 Å². The first-order valence-electron chi connectivity index (χ1n) is 7.40. The number of nitrogens with one attached hydrogen (secondary N) is 3. The Morgan fingerprint density at radius 3 is 2.58 bits per heavy atom. The van der Waals surface area contributed by atoms with Gasteiger partial charge in [-0.15, -0.1) is 0 Å². The van der Waals surface area contributed by atoms with Gasteiger partial charge in [-0.3, -0.25) is 10.1 Å². The first kappa shape index (κ1) is 21.2. The maximum Gasteiger partial charge on any atom is 0.329 e. The molecule has 1 atom stereocenters. The summed E-state index contributed by atoms with van der Waals surface area (Å²) in [4.78, 5) is 46.0. The number of carbonyl (C=O) groups excluding carboxylic acids is 4. The monoisotopic (exact) mass is 386 g/mol. The van der Waals surface area contributed by atoms with Gasteiger partial charge in [0.25, 0.3) is 5.91 Å². The summed E-state index contributed by atoms with van der Waals surface area (Å²) in [5, 5.41) is 6.24. The third kappa shape index (κ3) is 7.83. The molecule has 26 heavy (non-hydrogen) atoms. The minimum atomic E-state index is -1.00. The van der Waals surface area contributed by atoms with Crippen LogP contribution in [0.15, 0.2) is 24.3 Å². The number of thioether (sulfide) groups is 1. The summed E-state index contributed by atoms with van der Waals surface area (Å²) in [6.45, 7) is -0.750. The van der Waals surface area contributed by atoms with Crippen LogP contribution in [0.2, 0.25) is 0 Å². The normalized spacial score (nSPS) is 11.2. The fourth-order valence-corrected chi connectivity index (χ4v) is 2.24. The molecule has 0 unspecified atom stereocenters. The number of imide groups is 1. The Labute approximate surface area is 153 Å². The van der Waals surface area contributed by atoms with Crippen molar-refractivity contribution < 1.29 is 28.3 Å². The lowest BCUT2D eigenvalue weighted by atomic mass is 10.2.